The molecule has 0 saturated carbocycles. The maximum absolute atomic E-state index is 13.3. The molecule has 0 fully saturated rings. The first-order valence-corrected chi connectivity index (χ1v) is 10.9. The number of rotatable bonds is 5. The predicted molar refractivity (Wildman–Crippen MR) is 123 cm³/mol. The van der Waals surface area contributed by atoms with Gasteiger partial charge in [-0.3, -0.25) is 18.7 Å². The van der Waals surface area contributed by atoms with Gasteiger partial charge in [0.15, 0.2) is 0 Å². The molecule has 0 atom stereocenters. The summed E-state index contributed by atoms with van der Waals surface area (Å²) >= 11 is 1.47. The van der Waals surface area contributed by atoms with Gasteiger partial charge in [-0.1, -0.05) is 24.8 Å². The molecule has 0 spiro atoms. The van der Waals surface area contributed by atoms with Gasteiger partial charge in [0.05, 0.1) is 34.6 Å². The van der Waals surface area contributed by atoms with Crippen molar-refractivity contribution in [2.45, 2.75) is 12.1 Å². The molecule has 1 N–H and O–H groups in total. The van der Waals surface area contributed by atoms with Crippen LogP contribution in [0.15, 0.2) is 69.6 Å². The molecule has 0 bridgehead atoms. The Kier molecular flexibility index (Phi) is 4.98. The fourth-order valence-electron chi connectivity index (χ4n) is 3.49. The van der Waals surface area contributed by atoms with Crippen LogP contribution in [0.1, 0.15) is 6.92 Å². The molecule has 0 saturated heterocycles. The van der Waals surface area contributed by atoms with Gasteiger partial charge in [0.1, 0.15) is 5.75 Å². The van der Waals surface area contributed by atoms with E-state index in [1.54, 1.807) is 49.8 Å². The van der Waals surface area contributed by atoms with E-state index in [1.807, 2.05) is 19.1 Å². The van der Waals surface area contributed by atoms with Gasteiger partial charge >= 0.3 is 0 Å². The number of hydrogen-bond donors (Lipinski definition) is 1. The van der Waals surface area contributed by atoms with Crippen molar-refractivity contribution in [3.05, 3.63) is 75.6 Å². The van der Waals surface area contributed by atoms with E-state index in [9.17, 15) is 9.59 Å². The minimum absolute atomic E-state index is 0.277. The Hall–Kier alpha value is -3.92. The number of hydrogen-bond acceptors (Lipinski definition) is 7. The second-order valence-electron chi connectivity index (χ2n) is 6.91. The van der Waals surface area contributed by atoms with Gasteiger partial charge in [-0.05, 0) is 36.1 Å². The van der Waals surface area contributed by atoms with Crippen LogP contribution >= 0.6 is 11.8 Å². The van der Waals surface area contributed by atoms with Crippen molar-refractivity contribution in [1.29, 1.82) is 0 Å². The summed E-state index contributed by atoms with van der Waals surface area (Å²) in [7, 11) is 1.57. The minimum Gasteiger partial charge on any atom is -0.497 e. The summed E-state index contributed by atoms with van der Waals surface area (Å²) in [5.74, 6) is 1.77. The van der Waals surface area contributed by atoms with Gasteiger partial charge in [0, 0.05) is 18.5 Å². The monoisotopic (exact) mass is 446 g/mol. The molecule has 160 valence electrons. The van der Waals surface area contributed by atoms with Crippen LogP contribution in [-0.4, -0.2) is 42.2 Å². The molecule has 32 heavy (non-hydrogen) atoms. The van der Waals surface area contributed by atoms with Crippen LogP contribution in [0.3, 0.4) is 0 Å². The van der Waals surface area contributed by atoms with Crippen LogP contribution in [0.5, 0.6) is 5.75 Å². The number of benzene rings is 1. The smallest absolute Gasteiger partial charge is 0.266 e. The van der Waals surface area contributed by atoms with Gasteiger partial charge < -0.3 is 4.74 Å². The van der Waals surface area contributed by atoms with Crippen molar-refractivity contribution < 1.29 is 4.74 Å². The van der Waals surface area contributed by atoms with Crippen molar-refractivity contribution in [2.24, 2.45) is 0 Å². The second kappa shape index (κ2) is 7.97. The zero-order chi connectivity index (χ0) is 22.2. The normalized spacial score (nSPS) is 11.3. The standard InChI is InChI=1S/C22H18N6O3S/c1-3-32-22-24-21(25-26-22)28-10-8-18-16(20(28)30)12-15-17(23-18)7-9-27(19(15)29)13-5-4-6-14(11-13)31-2/h4-12H,3H2,1-2H3,(H,24,25,26). The lowest BCUT2D eigenvalue weighted by Crippen LogP contribution is -2.21. The molecule has 5 rings (SSSR count). The number of fused-ring (bicyclic) bond motifs is 2. The largest absolute Gasteiger partial charge is 0.497 e. The van der Waals surface area contributed by atoms with Crippen LogP contribution in [0.2, 0.25) is 0 Å². The van der Waals surface area contributed by atoms with E-state index in [0.29, 0.717) is 44.3 Å². The Morgan fingerprint density at radius 2 is 1.69 bits per heavy atom. The second-order valence-corrected chi connectivity index (χ2v) is 8.14. The lowest BCUT2D eigenvalue weighted by Gasteiger charge is -2.09. The minimum atomic E-state index is -0.336. The number of H-pyrrole nitrogens is 1. The molecular weight excluding hydrogens is 428 g/mol. The summed E-state index contributed by atoms with van der Waals surface area (Å²) in [6.07, 6.45) is 3.27. The zero-order valence-corrected chi connectivity index (χ0v) is 18.1. The van der Waals surface area contributed by atoms with Gasteiger partial charge in [-0.15, -0.1) is 5.10 Å². The summed E-state index contributed by atoms with van der Waals surface area (Å²) in [4.78, 5) is 35.3. The van der Waals surface area contributed by atoms with Crippen molar-refractivity contribution in [1.82, 2.24) is 29.3 Å². The van der Waals surface area contributed by atoms with Crippen LogP contribution in [-0.2, 0) is 0 Å². The summed E-state index contributed by atoms with van der Waals surface area (Å²) < 4.78 is 8.13. The van der Waals surface area contributed by atoms with Crippen molar-refractivity contribution in [3.63, 3.8) is 0 Å². The van der Waals surface area contributed by atoms with Gasteiger partial charge in [-0.2, -0.15) is 4.98 Å². The first kappa shape index (κ1) is 20.0. The molecule has 0 aliphatic heterocycles. The lowest BCUT2D eigenvalue weighted by atomic mass is 10.2. The molecule has 0 aliphatic carbocycles. The van der Waals surface area contributed by atoms with E-state index in [0.717, 1.165) is 5.75 Å². The number of aromatic nitrogens is 6. The van der Waals surface area contributed by atoms with E-state index >= 15 is 0 Å². The number of thioether (sulfide) groups is 1. The first-order chi connectivity index (χ1) is 15.6. The maximum Gasteiger partial charge on any atom is 0.266 e. The van der Waals surface area contributed by atoms with E-state index in [2.05, 4.69) is 20.2 Å². The number of nitrogens with one attached hydrogen (secondary N) is 1. The molecule has 9 nitrogen and oxygen atoms in total. The van der Waals surface area contributed by atoms with Crippen molar-refractivity contribution in [3.8, 4) is 17.4 Å². The van der Waals surface area contributed by atoms with Gasteiger partial charge in [0.2, 0.25) is 11.1 Å². The Morgan fingerprint density at radius 3 is 2.41 bits per heavy atom. The van der Waals surface area contributed by atoms with E-state index in [1.165, 1.54) is 20.9 Å². The average Bonchev–Trinajstić information content (AvgIpc) is 3.27. The highest BCUT2D eigenvalue weighted by Gasteiger charge is 2.13. The fraction of sp³-hybridized carbons (Fsp3) is 0.136. The Labute approximate surface area is 185 Å². The molecule has 0 unspecified atom stereocenters. The van der Waals surface area contributed by atoms with E-state index in [-0.39, 0.29) is 11.1 Å². The molecule has 4 aromatic heterocycles. The summed E-state index contributed by atoms with van der Waals surface area (Å²) in [6, 6.07) is 12.3. The highest BCUT2D eigenvalue weighted by Crippen LogP contribution is 2.19. The van der Waals surface area contributed by atoms with E-state index < -0.39 is 0 Å². The molecule has 0 amide bonds. The summed E-state index contributed by atoms with van der Waals surface area (Å²) in [5.41, 5.74) is 1.06. The highest BCUT2D eigenvalue weighted by molar-refractivity contribution is 7.99. The lowest BCUT2D eigenvalue weighted by molar-refractivity contribution is 0.414. The number of aromatic amines is 1. The number of nitrogens with zero attached hydrogens (tertiary/aromatic N) is 5. The topological polar surface area (TPSA) is 108 Å². The molecule has 0 radical (unpaired) electrons. The van der Waals surface area contributed by atoms with Crippen LogP contribution in [0, 0.1) is 0 Å². The Morgan fingerprint density at radius 1 is 0.969 bits per heavy atom. The van der Waals surface area contributed by atoms with Gasteiger partial charge in [0.25, 0.3) is 11.1 Å². The SMILES string of the molecule is CCSc1n[nH]c(-n2ccc3nc4ccn(-c5cccc(OC)c5)c(=O)c4cc3c2=O)n1. The van der Waals surface area contributed by atoms with Crippen molar-refractivity contribution >= 4 is 33.6 Å². The number of methoxy groups -OCH3 is 1. The van der Waals surface area contributed by atoms with Crippen molar-refractivity contribution in [2.75, 3.05) is 12.9 Å². The Balaban J connectivity index is 1.69. The summed E-state index contributed by atoms with van der Waals surface area (Å²) in [5, 5.41) is 8.13. The number of pyridine rings is 3. The quantitative estimate of drug-likeness (QED) is 0.327. The third-order valence-electron chi connectivity index (χ3n) is 5.03. The fourth-order valence-corrected chi connectivity index (χ4v) is 4.01. The predicted octanol–water partition coefficient (Wildman–Crippen LogP) is 2.93. The van der Waals surface area contributed by atoms with Gasteiger partial charge in [-0.25, -0.2) is 10.1 Å². The number of ether oxygens (including phenoxy) is 1. The maximum atomic E-state index is 13.3. The third kappa shape index (κ3) is 3.34. The van der Waals surface area contributed by atoms with Crippen LogP contribution in [0.4, 0.5) is 0 Å². The van der Waals surface area contributed by atoms with Crippen LogP contribution in [0.25, 0.3) is 33.4 Å². The average molecular weight is 446 g/mol. The highest BCUT2D eigenvalue weighted by atomic mass is 32.2. The molecule has 1 aromatic carbocycles. The molecule has 0 aliphatic rings. The third-order valence-corrected chi connectivity index (χ3v) is 5.76. The van der Waals surface area contributed by atoms with Crippen LogP contribution < -0.4 is 15.9 Å². The molecule has 5 aromatic rings. The summed E-state index contributed by atoms with van der Waals surface area (Å²) in [6.45, 7) is 2.00. The molecule has 4 heterocycles. The molecule has 10 heteroatoms. The Bertz CT molecular complexity index is 1590. The first-order valence-electron chi connectivity index (χ1n) is 9.87. The zero-order valence-electron chi connectivity index (χ0n) is 17.3. The van der Waals surface area contributed by atoms with E-state index in [4.69, 9.17) is 4.74 Å². The molecular formula is C22H18N6O3S.